The minimum absolute atomic E-state index is 0. The Labute approximate surface area is 974 Å². The number of rotatable bonds is 36. The zero-order valence-electron chi connectivity index (χ0n) is 89.1. The van der Waals surface area contributed by atoms with E-state index in [1.165, 1.54) is 119 Å². The molecule has 13 aromatic carbocycles. The minimum Gasteiger partial charge on any atom is -0.509 e. The van der Waals surface area contributed by atoms with Crippen molar-refractivity contribution in [1.82, 2.24) is 58.8 Å². The molecule has 2 aliphatic heterocycles. The van der Waals surface area contributed by atoms with E-state index < -0.39 is 0 Å². The maximum atomic E-state index is 12.6. The van der Waals surface area contributed by atoms with Crippen LogP contribution in [0.1, 0.15) is 144 Å². The Balaban J connectivity index is 0.000000364. The van der Waals surface area contributed by atoms with Gasteiger partial charge in [0.05, 0.1) is 5.78 Å². The molecule has 0 aromatic heterocycles. The van der Waals surface area contributed by atoms with Crippen molar-refractivity contribution >= 4 is 40.2 Å². The molecule has 0 bridgehead atoms. The molecule has 22 heteroatoms. The number of thiocarbonyl (C=S) groups is 1. The van der Waals surface area contributed by atoms with Crippen molar-refractivity contribution in [3.05, 3.63) is 421 Å². The van der Waals surface area contributed by atoms with Gasteiger partial charge in [0, 0.05) is 90.0 Å². The number of likely N-dealkylation sites (tertiary alicyclic amines) is 2. The Morgan fingerprint density at radius 3 is 0.774 bits per heavy atom. The summed E-state index contributed by atoms with van der Waals surface area (Å²) in [4.78, 5) is 42.1. The molecule has 14 nitrogen and oxygen atoms in total. The van der Waals surface area contributed by atoms with Gasteiger partial charge in [-0.05, 0) is 198 Å². The molecule has 2 heterocycles. The third kappa shape index (κ3) is 48.0. The molecule has 146 heavy (non-hydrogen) atoms. The monoisotopic (exact) mass is 3070 g/mol. The zero-order valence-corrected chi connectivity index (χ0v) is 104. The minimum atomic E-state index is -0.0267. The average molecular weight is 3070 g/mol. The number of benzene rings is 13. The molecule has 13 aromatic rings. The number of hydrogen-bond acceptors (Lipinski definition) is 16. The topological polar surface area (TPSA) is 65.2 Å². The second-order valence-corrected chi connectivity index (χ2v) is 40.5. The molecule has 774 valence electrons. The van der Waals surface area contributed by atoms with E-state index in [9.17, 15) is 4.79 Å². The van der Waals surface area contributed by atoms with Crippen LogP contribution in [0, 0.1) is 72.8 Å². The van der Waals surface area contributed by atoms with Gasteiger partial charge < -0.3 is 68.3 Å². The standard InChI is InChI=1S/C28H30N2.C22H28N2.C19H22N2O.C19H22N2S.C18H22N2O.C18H22N2S.6Pt/c1-2-14-28(26-12-8-10-24(20-26)22-30-17-5-6-18-30)27(13-1)25-11-7-9-23(19-25)21-29-15-3-4-16-29;1-17(2)22(20-11-7-9-18(13-20)15-23(3)4)21-12-8-10-19(14-21)16-24(5)6;2*1-20(2)13-15-7-5-9-17(11-15)19(22)18-10-6-8-16(12-18)14-21(3)4;2*1-19(2)13-15-7-5-9-17(11-15)21-18-10-6-8-16(12-18)14-20(3)4;;;;;;/h1-2,7-14H,3-6,15-18,21-22H2;7-12H,15-16H2,1-6H3;2*5-10H,13-14H2,1-4H3;2*5-10H,13-14H2,1-4H3;;;;;;/q6*-2;6*+4. The number of carbonyl (C=O) groups excluding carboxylic acids is 1. The van der Waals surface area contributed by atoms with Gasteiger partial charge in [-0.25, -0.2) is 0 Å². The SMILES string of the molecule is CC(C)=C(c1[c-]c(CN(C)C)ccc1)c1[c-]c(CN(C)C)ccc1.CN(C)Cc1[c-]c(C(=O)c2[c-]c(CN(C)C)ccc2)ccc1.CN(C)Cc1[c-]c(C(=S)c2[c-]c(CN(C)C)ccc2)ccc1.CN(C)Cc1[c-]c(Oc2[c-]c(CN(C)C)ccc2)ccc1.CN(C)Cc1[c-]c(Sc2[c-]c(CN(C)C)ccc2)ccc1.[Pt+4].[Pt+4].[Pt+4].[Pt+4].[Pt+4].[Pt+4].[c-]1c(CN2CCCC2)cccc1-c1ccccc1-c1[c-]c(CN2CCCC2)ccc1. The van der Waals surface area contributed by atoms with Gasteiger partial charge in [0.25, 0.3) is 0 Å². The van der Waals surface area contributed by atoms with E-state index in [1.54, 1.807) is 11.8 Å². The van der Waals surface area contributed by atoms with Crippen molar-refractivity contribution in [2.45, 2.75) is 128 Å². The molecule has 0 saturated carbocycles. The van der Waals surface area contributed by atoms with Crippen LogP contribution in [0.4, 0.5) is 0 Å². The maximum absolute atomic E-state index is 12.6. The van der Waals surface area contributed by atoms with Gasteiger partial charge in [-0.15, -0.1) is 387 Å². The molecule has 2 aliphatic rings. The molecular weight excluding hydrogens is 2920 g/mol. The van der Waals surface area contributed by atoms with Gasteiger partial charge in [0.15, 0.2) is 0 Å². The van der Waals surface area contributed by atoms with Crippen LogP contribution in [0.3, 0.4) is 0 Å². The van der Waals surface area contributed by atoms with E-state index in [4.69, 9.17) is 17.0 Å². The van der Waals surface area contributed by atoms with Crippen molar-refractivity contribution in [2.24, 2.45) is 0 Å². The molecule has 0 aliphatic carbocycles. The summed E-state index contributed by atoms with van der Waals surface area (Å²) in [6.07, 6.45) is 5.30. The van der Waals surface area contributed by atoms with Gasteiger partial charge >= 0.3 is 126 Å². The summed E-state index contributed by atoms with van der Waals surface area (Å²) in [7, 11) is 41.0. The molecule has 0 amide bonds. The number of nitrogens with zero attached hydrogens (tertiary/aromatic N) is 12. The second-order valence-electron chi connectivity index (χ2n) is 39.0. The first-order valence-electron chi connectivity index (χ1n) is 48.5. The summed E-state index contributed by atoms with van der Waals surface area (Å²) >= 11 is 7.37. The molecule has 0 N–H and O–H groups in total. The van der Waals surface area contributed by atoms with Crippen molar-refractivity contribution in [1.29, 1.82) is 0 Å². The third-order valence-electron chi connectivity index (χ3n) is 22.2. The van der Waals surface area contributed by atoms with E-state index in [1.807, 2.05) is 141 Å². The number of ether oxygens (including phenoxy) is 1. The Kier molecular flexibility index (Phi) is 62.7. The van der Waals surface area contributed by atoms with Crippen molar-refractivity contribution in [2.75, 3.05) is 167 Å². The van der Waals surface area contributed by atoms with Crippen LogP contribution in [0.5, 0.6) is 11.5 Å². The molecule has 0 atom stereocenters. The Bertz CT molecular complexity index is 5480. The summed E-state index contributed by atoms with van der Waals surface area (Å²) in [5.41, 5.74) is 26.8. The Morgan fingerprint density at radius 2 is 0.493 bits per heavy atom. The van der Waals surface area contributed by atoms with Crippen LogP contribution in [0.15, 0.2) is 258 Å². The molecular formula is C124H146N12O2Pt6S2+12. The van der Waals surface area contributed by atoms with Crippen molar-refractivity contribution in [3.8, 4) is 33.8 Å². The predicted octanol–water partition coefficient (Wildman–Crippen LogP) is 22.6. The smallest absolute Gasteiger partial charge is 0.509 e. The molecule has 0 radical (unpaired) electrons. The van der Waals surface area contributed by atoms with E-state index in [-0.39, 0.29) is 132 Å². The predicted molar refractivity (Wildman–Crippen MR) is 586 cm³/mol. The quantitative estimate of drug-likeness (QED) is 0.0212. The summed E-state index contributed by atoms with van der Waals surface area (Å²) in [5, 5.41) is 0. The van der Waals surface area contributed by atoms with E-state index >= 15 is 0 Å². The Morgan fingerprint density at radius 1 is 0.267 bits per heavy atom. The largest absolute Gasteiger partial charge is 4.00 e. The fraction of sp³-hybridized carbons (Fsp3) is 0.339. The molecule has 2 fully saturated rings. The molecule has 0 unspecified atom stereocenters. The van der Waals surface area contributed by atoms with Crippen molar-refractivity contribution in [3.63, 3.8) is 0 Å². The van der Waals surface area contributed by atoms with Gasteiger partial charge in [-0.2, -0.15) is 83.9 Å². The summed E-state index contributed by atoms with van der Waals surface area (Å²) in [6.45, 7) is 19.8. The van der Waals surface area contributed by atoms with Gasteiger partial charge in [0.1, 0.15) is 0 Å². The summed E-state index contributed by atoms with van der Waals surface area (Å²) in [6, 6.07) is 124. The third-order valence-corrected chi connectivity index (χ3v) is 23.5. The van der Waals surface area contributed by atoms with Gasteiger partial charge in [-0.1, -0.05) is 26.0 Å². The van der Waals surface area contributed by atoms with Crippen LogP contribution in [0.25, 0.3) is 27.8 Å². The number of carbonyl (C=O) groups is 1. The second kappa shape index (κ2) is 69.7. The number of allylic oxidation sites excluding steroid dienone is 1. The van der Waals surface area contributed by atoms with E-state index in [0.717, 1.165) is 160 Å². The first-order chi connectivity index (χ1) is 67.2. The molecule has 0 spiro atoms. The average Bonchev–Trinajstić information content (AvgIpc) is 1.08. The summed E-state index contributed by atoms with van der Waals surface area (Å²) < 4.78 is 5.87. The number of ketones is 1. The first-order valence-corrected chi connectivity index (χ1v) is 49.7. The van der Waals surface area contributed by atoms with Gasteiger partial charge in [-0.3, -0.25) is 0 Å². The normalized spacial score (nSPS) is 12.1. The molecule has 2 saturated heterocycles. The fourth-order valence-corrected chi connectivity index (χ4v) is 17.7. The van der Waals surface area contributed by atoms with Crippen LogP contribution in [-0.2, 0) is 205 Å². The van der Waals surface area contributed by atoms with Crippen LogP contribution < -0.4 is 4.74 Å². The van der Waals surface area contributed by atoms with E-state index in [2.05, 4.69) is 388 Å². The van der Waals surface area contributed by atoms with Crippen molar-refractivity contribution < 1.29 is 136 Å². The van der Waals surface area contributed by atoms with E-state index in [0.29, 0.717) is 11.1 Å². The van der Waals surface area contributed by atoms with Gasteiger partial charge in [0.2, 0.25) is 0 Å². The maximum Gasteiger partial charge on any atom is 4.00 e. The zero-order chi connectivity index (χ0) is 101. The molecule has 15 rings (SSSR count). The van der Waals surface area contributed by atoms with Crippen LogP contribution >= 0.6 is 24.0 Å². The fourth-order valence-electron chi connectivity index (χ4n) is 16.5. The first kappa shape index (κ1) is 131. The van der Waals surface area contributed by atoms with Crippen LogP contribution in [-0.4, -0.2) is 237 Å². The summed E-state index contributed by atoms with van der Waals surface area (Å²) in [5.74, 6) is 1.43. The number of hydrogen-bond donors (Lipinski definition) is 0. The van der Waals surface area contributed by atoms with Crippen LogP contribution in [0.2, 0.25) is 0 Å². The Hall–Kier alpha value is -6.84.